The van der Waals surface area contributed by atoms with Gasteiger partial charge in [0.1, 0.15) is 9.88 Å². The molecule has 0 aliphatic rings. The fraction of sp³-hybridized carbons (Fsp3) is 0.227. The number of nitrogens with zero attached hydrogens (tertiary/aromatic N) is 1. The van der Waals surface area contributed by atoms with Gasteiger partial charge >= 0.3 is 12.1 Å². The molecule has 0 fully saturated rings. The maximum atomic E-state index is 13.1. The molecule has 0 aliphatic carbocycles. The third-order valence-electron chi connectivity index (χ3n) is 4.51. The molecule has 1 heterocycles. The number of esters is 1. The Morgan fingerprint density at radius 1 is 1.16 bits per heavy atom. The summed E-state index contributed by atoms with van der Waals surface area (Å²) in [6.07, 6.45) is -3.81. The quantitative estimate of drug-likeness (QED) is 0.428. The number of thiazole rings is 1. The Hall–Kier alpha value is -2.91. The molecule has 3 aromatic rings. The van der Waals surface area contributed by atoms with Crippen LogP contribution in [0.4, 0.5) is 18.9 Å². The molecule has 10 heteroatoms. The molecule has 1 amide bonds. The SMILES string of the molecule is CCc1ccc(-c2nc(C)c(C(=O)OCC(=O)Nc3c(Cl)cccc3C(F)(F)F)s2)cc1. The highest BCUT2D eigenvalue weighted by atomic mass is 35.5. The fourth-order valence-corrected chi connectivity index (χ4v) is 4.04. The van der Waals surface area contributed by atoms with Crippen LogP contribution in [0, 0.1) is 6.92 Å². The van der Waals surface area contributed by atoms with Crippen LogP contribution in [0.15, 0.2) is 42.5 Å². The van der Waals surface area contributed by atoms with Crippen LogP contribution in [0.2, 0.25) is 5.02 Å². The third-order valence-corrected chi connectivity index (χ3v) is 6.01. The fourth-order valence-electron chi connectivity index (χ4n) is 2.85. The first-order chi connectivity index (χ1) is 15.1. The lowest BCUT2D eigenvalue weighted by atomic mass is 10.1. The van der Waals surface area contributed by atoms with E-state index in [0.717, 1.165) is 35.5 Å². The van der Waals surface area contributed by atoms with Crippen molar-refractivity contribution in [3.63, 3.8) is 0 Å². The van der Waals surface area contributed by atoms with E-state index in [4.69, 9.17) is 16.3 Å². The number of carbonyl (C=O) groups is 2. The lowest BCUT2D eigenvalue weighted by Gasteiger charge is -2.15. The van der Waals surface area contributed by atoms with Crippen LogP contribution in [0.1, 0.15) is 33.4 Å². The van der Waals surface area contributed by atoms with Gasteiger partial charge in [-0.15, -0.1) is 11.3 Å². The van der Waals surface area contributed by atoms with Gasteiger partial charge in [0.25, 0.3) is 5.91 Å². The van der Waals surface area contributed by atoms with Crippen LogP contribution in [0.3, 0.4) is 0 Å². The first-order valence-corrected chi connectivity index (χ1v) is 10.7. The Labute approximate surface area is 191 Å². The van der Waals surface area contributed by atoms with Crippen molar-refractivity contribution in [2.45, 2.75) is 26.4 Å². The van der Waals surface area contributed by atoms with Crippen LogP contribution in [0.25, 0.3) is 10.6 Å². The number of alkyl halides is 3. The standard InChI is InChI=1S/C22H18ClF3N2O3S/c1-3-13-7-9-14(10-8-13)20-27-12(2)19(32-20)21(30)31-11-17(29)28-18-15(22(24,25)26)5-4-6-16(18)23/h4-10H,3,11H2,1-2H3,(H,28,29). The highest BCUT2D eigenvalue weighted by molar-refractivity contribution is 7.17. The number of halogens is 4. The Balaban J connectivity index is 1.68. The first-order valence-electron chi connectivity index (χ1n) is 9.49. The van der Waals surface area contributed by atoms with Crippen LogP contribution < -0.4 is 5.32 Å². The average Bonchev–Trinajstić information content (AvgIpc) is 3.14. The monoisotopic (exact) mass is 482 g/mol. The molecule has 1 aromatic heterocycles. The van der Waals surface area contributed by atoms with E-state index in [1.807, 2.05) is 31.2 Å². The van der Waals surface area contributed by atoms with Gasteiger partial charge in [0.15, 0.2) is 6.61 Å². The zero-order valence-electron chi connectivity index (χ0n) is 17.0. The van der Waals surface area contributed by atoms with Gasteiger partial charge in [-0.1, -0.05) is 48.9 Å². The minimum Gasteiger partial charge on any atom is -0.451 e. The zero-order chi connectivity index (χ0) is 23.5. The Morgan fingerprint density at radius 2 is 1.84 bits per heavy atom. The van der Waals surface area contributed by atoms with Crippen molar-refractivity contribution in [3.8, 4) is 10.6 Å². The molecule has 168 valence electrons. The normalized spacial score (nSPS) is 11.3. The summed E-state index contributed by atoms with van der Waals surface area (Å²) in [5.41, 5.74) is 0.752. The summed E-state index contributed by atoms with van der Waals surface area (Å²) in [5.74, 6) is -1.74. The molecule has 0 saturated carbocycles. The molecule has 3 rings (SSSR count). The molecule has 5 nitrogen and oxygen atoms in total. The number of ether oxygens (including phenoxy) is 1. The number of nitrogens with one attached hydrogen (secondary N) is 1. The summed E-state index contributed by atoms with van der Waals surface area (Å²) in [6, 6.07) is 10.9. The summed E-state index contributed by atoms with van der Waals surface area (Å²) in [4.78, 5) is 29.1. The largest absolute Gasteiger partial charge is 0.451 e. The smallest absolute Gasteiger partial charge is 0.418 e. The number of amides is 1. The van der Waals surface area contributed by atoms with E-state index in [1.54, 1.807) is 6.92 Å². The molecule has 1 N–H and O–H groups in total. The van der Waals surface area contributed by atoms with Crippen LogP contribution in [-0.2, 0) is 22.1 Å². The van der Waals surface area contributed by atoms with Crippen molar-refractivity contribution in [2.75, 3.05) is 11.9 Å². The number of para-hydroxylation sites is 1. The summed E-state index contributed by atoms with van der Waals surface area (Å²) in [6.45, 7) is 2.90. The van der Waals surface area contributed by atoms with Crippen LogP contribution in [0.5, 0.6) is 0 Å². The van der Waals surface area contributed by atoms with E-state index < -0.39 is 35.9 Å². The topological polar surface area (TPSA) is 68.3 Å². The number of carbonyl (C=O) groups excluding carboxylic acids is 2. The molecule has 0 bridgehead atoms. The van der Waals surface area contributed by atoms with Gasteiger partial charge in [-0.05, 0) is 31.0 Å². The Morgan fingerprint density at radius 3 is 2.47 bits per heavy atom. The number of anilines is 1. The summed E-state index contributed by atoms with van der Waals surface area (Å²) < 4.78 is 44.4. The second-order valence-corrected chi connectivity index (χ2v) is 8.17. The predicted molar refractivity (Wildman–Crippen MR) is 117 cm³/mol. The van der Waals surface area contributed by atoms with E-state index in [9.17, 15) is 22.8 Å². The highest BCUT2D eigenvalue weighted by Crippen LogP contribution is 2.38. The Kier molecular flexibility index (Phi) is 7.20. The van der Waals surface area contributed by atoms with E-state index in [0.29, 0.717) is 10.7 Å². The second-order valence-electron chi connectivity index (χ2n) is 6.77. The highest BCUT2D eigenvalue weighted by Gasteiger charge is 2.35. The molecule has 32 heavy (non-hydrogen) atoms. The van der Waals surface area contributed by atoms with Gasteiger partial charge in [0.05, 0.1) is 22.0 Å². The summed E-state index contributed by atoms with van der Waals surface area (Å²) in [7, 11) is 0. The van der Waals surface area contributed by atoms with Gasteiger partial charge in [0, 0.05) is 5.56 Å². The lowest BCUT2D eigenvalue weighted by molar-refractivity contribution is -0.137. The molecule has 0 spiro atoms. The predicted octanol–water partition coefficient (Wildman–Crippen LogP) is 6.15. The number of benzene rings is 2. The van der Waals surface area contributed by atoms with Crippen molar-refractivity contribution >= 4 is 40.5 Å². The number of rotatable bonds is 6. The lowest BCUT2D eigenvalue weighted by Crippen LogP contribution is -2.23. The number of hydrogen-bond donors (Lipinski definition) is 1. The second kappa shape index (κ2) is 9.70. The Bertz CT molecular complexity index is 1140. The molecule has 0 radical (unpaired) electrons. The molecule has 0 aliphatic heterocycles. The van der Waals surface area contributed by atoms with E-state index in [1.165, 1.54) is 11.6 Å². The van der Waals surface area contributed by atoms with Crippen molar-refractivity contribution in [1.82, 2.24) is 4.98 Å². The van der Waals surface area contributed by atoms with Crippen molar-refractivity contribution in [1.29, 1.82) is 0 Å². The number of hydrogen-bond acceptors (Lipinski definition) is 5. The van der Waals surface area contributed by atoms with Gasteiger partial charge in [-0.25, -0.2) is 9.78 Å². The van der Waals surface area contributed by atoms with E-state index in [2.05, 4.69) is 10.3 Å². The van der Waals surface area contributed by atoms with E-state index >= 15 is 0 Å². The van der Waals surface area contributed by atoms with Crippen LogP contribution in [-0.4, -0.2) is 23.5 Å². The molecule has 2 aromatic carbocycles. The maximum absolute atomic E-state index is 13.1. The molecule has 0 unspecified atom stereocenters. The minimum atomic E-state index is -4.71. The number of aromatic nitrogens is 1. The molecule has 0 saturated heterocycles. The van der Waals surface area contributed by atoms with Crippen molar-refractivity contribution in [3.05, 3.63) is 69.2 Å². The summed E-state index contributed by atoms with van der Waals surface area (Å²) >= 11 is 6.92. The molecular formula is C22H18ClF3N2O3S. The van der Waals surface area contributed by atoms with Gasteiger partial charge < -0.3 is 10.1 Å². The van der Waals surface area contributed by atoms with Crippen molar-refractivity contribution < 1.29 is 27.5 Å². The molecule has 0 atom stereocenters. The van der Waals surface area contributed by atoms with Gasteiger partial charge in [-0.2, -0.15) is 13.2 Å². The average molecular weight is 483 g/mol. The minimum absolute atomic E-state index is 0.209. The molecular weight excluding hydrogens is 465 g/mol. The zero-order valence-corrected chi connectivity index (χ0v) is 18.6. The van der Waals surface area contributed by atoms with Gasteiger partial charge in [-0.3, -0.25) is 4.79 Å². The van der Waals surface area contributed by atoms with Crippen molar-refractivity contribution in [2.24, 2.45) is 0 Å². The van der Waals surface area contributed by atoms with Crippen LogP contribution >= 0.6 is 22.9 Å². The van der Waals surface area contributed by atoms with E-state index in [-0.39, 0.29) is 9.90 Å². The third kappa shape index (κ3) is 5.46. The number of aryl methyl sites for hydroxylation is 2. The van der Waals surface area contributed by atoms with Gasteiger partial charge in [0.2, 0.25) is 0 Å². The first kappa shape index (κ1) is 23.7. The maximum Gasteiger partial charge on any atom is 0.418 e. The summed E-state index contributed by atoms with van der Waals surface area (Å²) in [5, 5.41) is 2.41.